The molecular formula is C48H83NO33. The van der Waals surface area contributed by atoms with Crippen molar-refractivity contribution in [3.63, 3.8) is 0 Å². The first-order chi connectivity index (χ1) is 38.5. The van der Waals surface area contributed by atoms with E-state index in [4.69, 9.17) is 61.6 Å². The van der Waals surface area contributed by atoms with Gasteiger partial charge in [0.2, 0.25) is 5.91 Å². The average molecular weight is 1200 g/mol. The Labute approximate surface area is 468 Å². The second kappa shape index (κ2) is 28.1. The van der Waals surface area contributed by atoms with E-state index in [1.54, 1.807) is 20.8 Å². The lowest BCUT2D eigenvalue weighted by Crippen LogP contribution is -2.71. The Morgan fingerprint density at radius 2 is 0.695 bits per heavy atom. The van der Waals surface area contributed by atoms with E-state index in [0.29, 0.717) is 0 Å². The monoisotopic (exact) mass is 1200 g/mol. The minimum absolute atomic E-state index is 0.776. The van der Waals surface area contributed by atoms with Crippen molar-refractivity contribution in [1.29, 1.82) is 0 Å². The molecule has 7 saturated heterocycles. The molecule has 7 heterocycles. The lowest BCUT2D eigenvalue weighted by Gasteiger charge is -2.52. The first-order valence-corrected chi connectivity index (χ1v) is 26.9. The fourth-order valence-electron chi connectivity index (χ4n) is 11.0. The largest absolute Gasteiger partial charge is 0.394 e. The third-order valence-electron chi connectivity index (χ3n) is 15.7. The molecule has 0 radical (unpaired) electrons. The smallest absolute Gasteiger partial charge is 0.217 e. The van der Waals surface area contributed by atoms with Crippen LogP contribution in [0.2, 0.25) is 0 Å². The molecule has 7 rings (SSSR count). The zero-order valence-corrected chi connectivity index (χ0v) is 45.5. The van der Waals surface area contributed by atoms with E-state index < -0.39 is 259 Å². The summed E-state index contributed by atoms with van der Waals surface area (Å²) in [6.45, 7) is 3.69. The summed E-state index contributed by atoms with van der Waals surface area (Å²) in [4.78, 5) is 13.2. The quantitative estimate of drug-likeness (QED) is 0.0606. The summed E-state index contributed by atoms with van der Waals surface area (Å²) < 4.78 is 77.6. The molecule has 478 valence electrons. The molecule has 0 spiro atoms. The van der Waals surface area contributed by atoms with Crippen molar-refractivity contribution in [1.82, 2.24) is 5.32 Å². The van der Waals surface area contributed by atoms with Gasteiger partial charge in [-0.25, -0.2) is 0 Å². The number of amides is 1. The normalized spacial score (nSPS) is 51.6. The van der Waals surface area contributed by atoms with Gasteiger partial charge in [0.05, 0.1) is 51.3 Å². The van der Waals surface area contributed by atoms with Crippen LogP contribution in [0.3, 0.4) is 0 Å². The van der Waals surface area contributed by atoms with Crippen LogP contribution >= 0.6 is 0 Å². The third-order valence-corrected chi connectivity index (χ3v) is 15.7. The number of aliphatic hydroxyl groups is 19. The van der Waals surface area contributed by atoms with Crippen molar-refractivity contribution in [2.24, 2.45) is 5.41 Å². The van der Waals surface area contributed by atoms with Crippen LogP contribution in [-0.4, -0.2) is 351 Å². The second-order valence-corrected chi connectivity index (χ2v) is 22.7. The highest BCUT2D eigenvalue weighted by Crippen LogP contribution is 2.40. The molecule has 0 aromatic rings. The molecular weight excluding hydrogens is 1120 g/mol. The Morgan fingerprint density at radius 3 is 1.17 bits per heavy atom. The highest BCUT2D eigenvalue weighted by Gasteiger charge is 2.60. The van der Waals surface area contributed by atoms with Crippen LogP contribution in [0.25, 0.3) is 0 Å². The molecule has 7 aliphatic heterocycles. The minimum atomic E-state index is -2.35. The second-order valence-electron chi connectivity index (χ2n) is 22.7. The lowest BCUT2D eigenvalue weighted by atomic mass is 9.80. The predicted molar refractivity (Wildman–Crippen MR) is 258 cm³/mol. The lowest BCUT2D eigenvalue weighted by molar-refractivity contribution is -0.405. The summed E-state index contributed by atoms with van der Waals surface area (Å²) in [7, 11) is 0. The first kappa shape index (κ1) is 67.7. The maximum atomic E-state index is 13.2. The van der Waals surface area contributed by atoms with Crippen LogP contribution in [0.15, 0.2) is 0 Å². The zero-order chi connectivity index (χ0) is 60.7. The van der Waals surface area contributed by atoms with E-state index in [1.807, 2.05) is 0 Å². The number of ether oxygens (including phenoxy) is 13. The van der Waals surface area contributed by atoms with Crippen LogP contribution in [0.4, 0.5) is 0 Å². The van der Waals surface area contributed by atoms with Crippen molar-refractivity contribution in [3.8, 4) is 0 Å². The van der Waals surface area contributed by atoms with Gasteiger partial charge in [0.15, 0.2) is 37.7 Å². The average Bonchev–Trinajstić information content (AvgIpc) is 3.60. The van der Waals surface area contributed by atoms with E-state index in [9.17, 15) is 102 Å². The number of nitrogens with one attached hydrogen (secondary N) is 1. The number of carbonyl (C=O) groups excluding carboxylic acids is 1. The number of hydrogen-bond acceptors (Lipinski definition) is 33. The molecule has 0 aliphatic carbocycles. The molecule has 20 N–H and O–H groups in total. The van der Waals surface area contributed by atoms with E-state index in [-0.39, 0.29) is 0 Å². The van der Waals surface area contributed by atoms with Crippen LogP contribution < -0.4 is 5.32 Å². The van der Waals surface area contributed by atoms with E-state index in [0.717, 1.165) is 6.92 Å². The first-order valence-electron chi connectivity index (χ1n) is 26.9. The fraction of sp³-hybridized carbons (Fsp3) is 0.979. The molecule has 0 aromatic heterocycles. The summed E-state index contributed by atoms with van der Waals surface area (Å²) in [5, 5.41) is 211. The molecule has 0 aromatic carbocycles. The number of carbonyl (C=O) groups is 1. The van der Waals surface area contributed by atoms with Crippen molar-refractivity contribution >= 4 is 5.91 Å². The maximum absolute atomic E-state index is 13.2. The van der Waals surface area contributed by atoms with E-state index in [2.05, 4.69) is 5.32 Å². The SMILES string of the molecule is CC(=O)NC1C(OC2C(CO)OC(OC3C(O)C(CO)OC(OC4C(CO)OC(C(C)(C)C)C(O)C4O)C3O)C(O)C2OC2OC(C)C(O)C(O)C2O)OC(CO)C(OC2OC(C)C(O)C(O)C2O)C1OC1OC(CO)C(O)C(O)C1O. The summed E-state index contributed by atoms with van der Waals surface area (Å²) in [5.41, 5.74) is -0.776. The Morgan fingerprint density at radius 1 is 0.354 bits per heavy atom. The Kier molecular flexibility index (Phi) is 23.2. The Balaban J connectivity index is 1.24. The van der Waals surface area contributed by atoms with E-state index >= 15 is 0 Å². The zero-order valence-electron chi connectivity index (χ0n) is 45.5. The van der Waals surface area contributed by atoms with Gasteiger partial charge in [-0.2, -0.15) is 0 Å². The molecule has 34 nitrogen and oxygen atoms in total. The molecule has 1 amide bonds. The topological polar surface area (TPSA) is 533 Å². The molecule has 35 unspecified atom stereocenters. The summed E-state index contributed by atoms with van der Waals surface area (Å²) in [6.07, 6.45) is -63.4. The minimum Gasteiger partial charge on any atom is -0.394 e. The summed E-state index contributed by atoms with van der Waals surface area (Å²) >= 11 is 0. The number of aliphatic hydroxyl groups excluding tert-OH is 19. The van der Waals surface area contributed by atoms with Crippen molar-refractivity contribution in [3.05, 3.63) is 0 Å². The van der Waals surface area contributed by atoms with Gasteiger partial charge >= 0.3 is 0 Å². The highest BCUT2D eigenvalue weighted by molar-refractivity contribution is 5.73. The summed E-state index contributed by atoms with van der Waals surface area (Å²) in [6, 6.07) is -1.88. The Hall–Kier alpha value is -1.81. The van der Waals surface area contributed by atoms with Gasteiger partial charge in [0.1, 0.15) is 159 Å². The maximum Gasteiger partial charge on any atom is 0.217 e. The van der Waals surface area contributed by atoms with Gasteiger partial charge < -0.3 is 164 Å². The highest BCUT2D eigenvalue weighted by atomic mass is 16.8. The van der Waals surface area contributed by atoms with Gasteiger partial charge in [0.25, 0.3) is 0 Å². The van der Waals surface area contributed by atoms with Crippen molar-refractivity contribution < 1.29 is 163 Å². The van der Waals surface area contributed by atoms with Crippen molar-refractivity contribution in [2.45, 2.75) is 256 Å². The van der Waals surface area contributed by atoms with Gasteiger partial charge in [-0.05, 0) is 19.3 Å². The number of rotatable bonds is 18. The van der Waals surface area contributed by atoms with Crippen LogP contribution in [-0.2, 0) is 66.4 Å². The predicted octanol–water partition coefficient (Wildman–Crippen LogP) is -12.0. The Bertz CT molecular complexity index is 2000. The van der Waals surface area contributed by atoms with Crippen molar-refractivity contribution in [2.75, 3.05) is 33.0 Å². The van der Waals surface area contributed by atoms with E-state index in [1.165, 1.54) is 13.8 Å². The van der Waals surface area contributed by atoms with Gasteiger partial charge in [-0.15, -0.1) is 0 Å². The van der Waals surface area contributed by atoms with Gasteiger partial charge in [-0.3, -0.25) is 4.79 Å². The molecule has 82 heavy (non-hydrogen) atoms. The summed E-state index contributed by atoms with van der Waals surface area (Å²) in [5.74, 6) is -0.910. The molecule has 7 aliphatic rings. The number of hydrogen-bond donors (Lipinski definition) is 20. The standard InChI is InChI=1S/C48H83NO33/c1-12-21(56)25(60)30(65)43(70-12)79-36-18(10-53)75-42(20(49-14(3)55)38(36)80-45-32(67)27(62)23(58)15(7-50)73-45)78-37-19(11-54)76-47(34(69)40(37)82-44-31(66)26(61)22(57)13(2)71-44)81-39-24(59)16(8-51)74-46(33(39)68)77-35-17(9-52)72-41(48(4,5)6)29(64)28(35)63/h12-13,15-47,50-54,56-69H,7-11H2,1-6H3,(H,49,55). The van der Waals surface area contributed by atoms with Crippen LogP contribution in [0.1, 0.15) is 41.5 Å². The molecule has 0 saturated carbocycles. The van der Waals surface area contributed by atoms with Crippen LogP contribution in [0.5, 0.6) is 0 Å². The van der Waals surface area contributed by atoms with Crippen LogP contribution in [0, 0.1) is 5.41 Å². The fourth-order valence-corrected chi connectivity index (χ4v) is 11.0. The van der Waals surface area contributed by atoms with Gasteiger partial charge in [0, 0.05) is 6.92 Å². The van der Waals surface area contributed by atoms with Gasteiger partial charge in [-0.1, -0.05) is 20.8 Å². The molecule has 34 heteroatoms. The molecule has 7 fully saturated rings. The third kappa shape index (κ3) is 14.0. The molecule has 0 bridgehead atoms. The molecule has 35 atom stereocenters.